The number of piperidine rings is 1. The SMILES string of the molecule is O=C(N1CC2(CCC2)CCC1CI)C(F)(F)F. The predicted molar refractivity (Wildman–Crippen MR) is 66.0 cm³/mol. The lowest BCUT2D eigenvalue weighted by Gasteiger charge is -2.51. The molecule has 1 aliphatic heterocycles. The standard InChI is InChI=1S/C11H15F3INO/c12-11(13,14)9(17)16-7-10(3-1-4-10)5-2-8(16)6-15/h8H,1-7H2. The summed E-state index contributed by atoms with van der Waals surface area (Å²) >= 11 is 2.06. The highest BCUT2D eigenvalue weighted by Gasteiger charge is 2.50. The van der Waals surface area contributed by atoms with E-state index in [1.807, 2.05) is 0 Å². The Morgan fingerprint density at radius 3 is 2.41 bits per heavy atom. The van der Waals surface area contributed by atoms with Crippen LogP contribution in [-0.4, -0.2) is 34.0 Å². The van der Waals surface area contributed by atoms with E-state index in [0.29, 0.717) is 17.4 Å². The van der Waals surface area contributed by atoms with E-state index in [0.717, 1.165) is 30.6 Å². The third kappa shape index (κ3) is 2.56. The van der Waals surface area contributed by atoms with Gasteiger partial charge in [-0.15, -0.1) is 0 Å². The van der Waals surface area contributed by atoms with Crippen LogP contribution in [0.25, 0.3) is 0 Å². The maximum atomic E-state index is 12.5. The molecule has 6 heteroatoms. The van der Waals surface area contributed by atoms with Crippen molar-refractivity contribution in [1.82, 2.24) is 4.90 Å². The number of hydrogen-bond donors (Lipinski definition) is 0. The molecule has 1 amide bonds. The van der Waals surface area contributed by atoms with Gasteiger partial charge in [0.05, 0.1) is 0 Å². The van der Waals surface area contributed by atoms with Crippen molar-refractivity contribution in [3.63, 3.8) is 0 Å². The fraction of sp³-hybridized carbons (Fsp3) is 0.909. The molecule has 2 rings (SSSR count). The Morgan fingerprint density at radius 1 is 1.35 bits per heavy atom. The third-order valence-electron chi connectivity index (χ3n) is 4.05. The summed E-state index contributed by atoms with van der Waals surface area (Å²) in [6.45, 7) is 0.305. The zero-order valence-corrected chi connectivity index (χ0v) is 11.6. The number of rotatable bonds is 1. The lowest BCUT2D eigenvalue weighted by molar-refractivity contribution is -0.192. The number of likely N-dealkylation sites (tertiary alicyclic amines) is 1. The Balaban J connectivity index is 2.12. The van der Waals surface area contributed by atoms with E-state index in [4.69, 9.17) is 0 Å². The van der Waals surface area contributed by atoms with Crippen LogP contribution in [0.15, 0.2) is 0 Å². The molecule has 17 heavy (non-hydrogen) atoms. The van der Waals surface area contributed by atoms with E-state index in [1.165, 1.54) is 0 Å². The summed E-state index contributed by atoms with van der Waals surface area (Å²) in [5, 5.41) is 0. The largest absolute Gasteiger partial charge is 0.471 e. The molecule has 1 aliphatic carbocycles. The first-order valence-electron chi connectivity index (χ1n) is 5.82. The van der Waals surface area contributed by atoms with Gasteiger partial charge in [-0.3, -0.25) is 4.79 Å². The molecule has 0 aromatic carbocycles. The van der Waals surface area contributed by atoms with Gasteiger partial charge >= 0.3 is 12.1 Å². The summed E-state index contributed by atoms with van der Waals surface area (Å²) in [4.78, 5) is 12.5. The Hall–Kier alpha value is -0.0100. The lowest BCUT2D eigenvalue weighted by Crippen LogP contribution is -2.57. The van der Waals surface area contributed by atoms with Gasteiger partial charge in [0.25, 0.3) is 0 Å². The molecular formula is C11H15F3INO. The van der Waals surface area contributed by atoms with Crippen molar-refractivity contribution in [2.24, 2.45) is 5.41 Å². The highest BCUT2D eigenvalue weighted by atomic mass is 127. The molecule has 0 aromatic rings. The molecule has 1 atom stereocenters. The molecule has 1 saturated heterocycles. The van der Waals surface area contributed by atoms with Crippen LogP contribution in [0.2, 0.25) is 0 Å². The molecule has 0 bridgehead atoms. The van der Waals surface area contributed by atoms with Crippen molar-refractivity contribution < 1.29 is 18.0 Å². The number of amides is 1. The van der Waals surface area contributed by atoms with Crippen molar-refractivity contribution in [3.05, 3.63) is 0 Å². The van der Waals surface area contributed by atoms with E-state index in [1.54, 1.807) is 0 Å². The van der Waals surface area contributed by atoms with Crippen molar-refractivity contribution in [3.8, 4) is 0 Å². The molecule has 98 valence electrons. The second kappa shape index (κ2) is 4.59. The van der Waals surface area contributed by atoms with Gasteiger partial charge in [-0.2, -0.15) is 13.2 Å². The quantitative estimate of drug-likeness (QED) is 0.519. The molecule has 0 N–H and O–H groups in total. The molecule has 0 radical (unpaired) electrons. The Labute approximate surface area is 112 Å². The van der Waals surface area contributed by atoms with Gasteiger partial charge in [0.2, 0.25) is 0 Å². The summed E-state index contributed by atoms with van der Waals surface area (Å²) < 4.78 is 38.1. The zero-order chi connectivity index (χ0) is 12.7. The van der Waals surface area contributed by atoms with Crippen molar-refractivity contribution in [2.75, 3.05) is 11.0 Å². The van der Waals surface area contributed by atoms with Gasteiger partial charge < -0.3 is 4.90 Å². The molecule has 1 saturated carbocycles. The van der Waals surface area contributed by atoms with Crippen LogP contribution in [0.1, 0.15) is 32.1 Å². The molecule has 1 unspecified atom stereocenters. The van der Waals surface area contributed by atoms with Crippen LogP contribution in [-0.2, 0) is 4.79 Å². The highest BCUT2D eigenvalue weighted by Crippen LogP contribution is 2.49. The number of carbonyl (C=O) groups is 1. The van der Waals surface area contributed by atoms with Crippen molar-refractivity contribution >= 4 is 28.5 Å². The molecular weight excluding hydrogens is 346 g/mol. The highest BCUT2D eigenvalue weighted by molar-refractivity contribution is 14.1. The number of nitrogens with zero attached hydrogens (tertiary/aromatic N) is 1. The topological polar surface area (TPSA) is 20.3 Å². The minimum absolute atomic E-state index is 0.00319. The van der Waals surface area contributed by atoms with Gasteiger partial charge in [0.1, 0.15) is 0 Å². The fourth-order valence-electron chi connectivity index (χ4n) is 2.84. The number of carbonyl (C=O) groups excluding carboxylic acids is 1. The van der Waals surface area contributed by atoms with E-state index in [2.05, 4.69) is 22.6 Å². The summed E-state index contributed by atoms with van der Waals surface area (Å²) in [7, 11) is 0. The monoisotopic (exact) mass is 361 g/mol. The average molecular weight is 361 g/mol. The Kier molecular flexibility index (Phi) is 3.62. The number of halogens is 4. The third-order valence-corrected chi connectivity index (χ3v) is 5.07. The maximum absolute atomic E-state index is 12.5. The van der Waals surface area contributed by atoms with Crippen LogP contribution in [0, 0.1) is 5.41 Å². The molecule has 2 fully saturated rings. The summed E-state index contributed by atoms with van der Waals surface area (Å²) in [5.41, 5.74) is 0.00319. The van der Waals surface area contributed by atoms with Gasteiger partial charge in [-0.05, 0) is 31.1 Å². The van der Waals surface area contributed by atoms with Gasteiger partial charge in [-0.25, -0.2) is 0 Å². The minimum atomic E-state index is -4.73. The first kappa shape index (κ1) is 13.4. The normalized spacial score (nSPS) is 28.0. The summed E-state index contributed by atoms with van der Waals surface area (Å²) in [5.74, 6) is -1.65. The van der Waals surface area contributed by atoms with E-state index in [9.17, 15) is 18.0 Å². The molecule has 2 nitrogen and oxygen atoms in total. The molecule has 2 aliphatic rings. The molecule has 1 spiro atoms. The van der Waals surface area contributed by atoms with E-state index >= 15 is 0 Å². The second-order valence-corrected chi connectivity index (χ2v) is 6.01. The summed E-state index contributed by atoms with van der Waals surface area (Å²) in [6.07, 6.45) is -0.00639. The lowest BCUT2D eigenvalue weighted by atomic mass is 9.63. The van der Waals surface area contributed by atoms with Gasteiger partial charge in [0.15, 0.2) is 0 Å². The predicted octanol–water partition coefficient (Wildman–Crippen LogP) is 3.15. The van der Waals surface area contributed by atoms with E-state index < -0.39 is 12.1 Å². The molecule has 0 aromatic heterocycles. The first-order valence-corrected chi connectivity index (χ1v) is 7.34. The average Bonchev–Trinajstić information content (AvgIpc) is 2.23. The van der Waals surface area contributed by atoms with Crippen molar-refractivity contribution in [1.29, 1.82) is 0 Å². The van der Waals surface area contributed by atoms with Crippen LogP contribution >= 0.6 is 22.6 Å². The van der Waals surface area contributed by atoms with Crippen molar-refractivity contribution in [2.45, 2.75) is 44.3 Å². The van der Waals surface area contributed by atoms with Crippen LogP contribution in [0.3, 0.4) is 0 Å². The zero-order valence-electron chi connectivity index (χ0n) is 9.39. The van der Waals surface area contributed by atoms with Gasteiger partial charge in [0, 0.05) is 17.0 Å². The van der Waals surface area contributed by atoms with E-state index in [-0.39, 0.29) is 11.5 Å². The smallest absolute Gasteiger partial charge is 0.331 e. The van der Waals surface area contributed by atoms with Crippen LogP contribution in [0.4, 0.5) is 13.2 Å². The molecule has 1 heterocycles. The van der Waals surface area contributed by atoms with Gasteiger partial charge in [-0.1, -0.05) is 29.0 Å². The van der Waals surface area contributed by atoms with Crippen LogP contribution < -0.4 is 0 Å². The first-order chi connectivity index (χ1) is 7.88. The fourth-order valence-corrected chi connectivity index (χ4v) is 3.76. The summed E-state index contributed by atoms with van der Waals surface area (Å²) in [6, 6.07) is -0.240. The Morgan fingerprint density at radius 2 is 2.00 bits per heavy atom. The second-order valence-electron chi connectivity index (χ2n) is 5.13. The number of alkyl halides is 4. The number of hydrogen-bond acceptors (Lipinski definition) is 1. The minimum Gasteiger partial charge on any atom is -0.331 e. The van der Waals surface area contributed by atoms with Crippen LogP contribution in [0.5, 0.6) is 0 Å². The Bertz CT molecular complexity index is 314. The maximum Gasteiger partial charge on any atom is 0.471 e.